The van der Waals surface area contributed by atoms with Crippen LogP contribution in [0.25, 0.3) is 0 Å². The van der Waals surface area contributed by atoms with E-state index in [9.17, 15) is 0 Å². The maximum atomic E-state index is 8.65. The van der Waals surface area contributed by atoms with Crippen LogP contribution in [0.2, 0.25) is 0 Å². The lowest BCUT2D eigenvalue weighted by atomic mass is 10.0. The lowest BCUT2D eigenvalue weighted by Crippen LogP contribution is -2.25. The SMILES string of the molecule is Cc1cc(/C(N)=N/O)ccc1CNC1CCCC1. The Morgan fingerprint density at radius 1 is 1.44 bits per heavy atom. The number of hydrogen-bond acceptors (Lipinski definition) is 3. The number of amidine groups is 1. The molecule has 0 aromatic heterocycles. The van der Waals surface area contributed by atoms with E-state index < -0.39 is 0 Å². The molecule has 0 saturated heterocycles. The molecule has 1 aliphatic rings. The maximum Gasteiger partial charge on any atom is 0.170 e. The zero-order valence-corrected chi connectivity index (χ0v) is 10.8. The lowest BCUT2D eigenvalue weighted by molar-refractivity contribution is 0.318. The molecule has 1 aromatic rings. The summed E-state index contributed by atoms with van der Waals surface area (Å²) in [5.41, 5.74) is 8.78. The Labute approximate surface area is 108 Å². The summed E-state index contributed by atoms with van der Waals surface area (Å²) in [6.07, 6.45) is 5.28. The molecule has 0 bridgehead atoms. The van der Waals surface area contributed by atoms with Crippen LogP contribution in [-0.4, -0.2) is 17.1 Å². The summed E-state index contributed by atoms with van der Waals surface area (Å²) in [6, 6.07) is 6.58. The Balaban J connectivity index is 2.00. The van der Waals surface area contributed by atoms with Gasteiger partial charge < -0.3 is 16.3 Å². The van der Waals surface area contributed by atoms with E-state index >= 15 is 0 Å². The van der Waals surface area contributed by atoms with Gasteiger partial charge in [-0.3, -0.25) is 0 Å². The van der Waals surface area contributed by atoms with Gasteiger partial charge in [0.1, 0.15) is 0 Å². The Morgan fingerprint density at radius 3 is 2.78 bits per heavy atom. The van der Waals surface area contributed by atoms with Gasteiger partial charge in [-0.05, 0) is 37.0 Å². The molecule has 2 rings (SSSR count). The third-order valence-corrected chi connectivity index (χ3v) is 3.68. The van der Waals surface area contributed by atoms with Crippen molar-refractivity contribution < 1.29 is 5.21 Å². The fourth-order valence-electron chi connectivity index (χ4n) is 2.50. The number of oxime groups is 1. The van der Waals surface area contributed by atoms with E-state index in [-0.39, 0.29) is 5.84 Å². The molecule has 0 spiro atoms. The summed E-state index contributed by atoms with van der Waals surface area (Å²) in [5, 5.41) is 15.3. The van der Waals surface area contributed by atoms with Crippen molar-refractivity contribution in [2.75, 3.05) is 0 Å². The van der Waals surface area contributed by atoms with Gasteiger partial charge in [0.2, 0.25) is 0 Å². The average molecular weight is 247 g/mol. The fourth-order valence-corrected chi connectivity index (χ4v) is 2.50. The lowest BCUT2D eigenvalue weighted by Gasteiger charge is -2.14. The fraction of sp³-hybridized carbons (Fsp3) is 0.500. The second-order valence-electron chi connectivity index (χ2n) is 4.99. The van der Waals surface area contributed by atoms with Gasteiger partial charge in [-0.25, -0.2) is 0 Å². The van der Waals surface area contributed by atoms with Crippen molar-refractivity contribution in [2.24, 2.45) is 10.9 Å². The van der Waals surface area contributed by atoms with Crippen LogP contribution in [0.15, 0.2) is 23.4 Å². The number of aryl methyl sites for hydroxylation is 1. The number of nitrogens with one attached hydrogen (secondary N) is 1. The quantitative estimate of drug-likeness (QED) is 0.330. The first-order valence-corrected chi connectivity index (χ1v) is 6.51. The number of benzene rings is 1. The second kappa shape index (κ2) is 5.87. The Morgan fingerprint density at radius 2 is 2.17 bits per heavy atom. The molecule has 18 heavy (non-hydrogen) atoms. The van der Waals surface area contributed by atoms with Gasteiger partial charge in [0.05, 0.1) is 0 Å². The molecular weight excluding hydrogens is 226 g/mol. The van der Waals surface area contributed by atoms with Crippen molar-refractivity contribution in [2.45, 2.75) is 45.2 Å². The summed E-state index contributed by atoms with van der Waals surface area (Å²) in [4.78, 5) is 0. The molecule has 1 fully saturated rings. The smallest absolute Gasteiger partial charge is 0.170 e. The summed E-state index contributed by atoms with van der Waals surface area (Å²) < 4.78 is 0. The van der Waals surface area contributed by atoms with Gasteiger partial charge in [-0.15, -0.1) is 0 Å². The van der Waals surface area contributed by atoms with Gasteiger partial charge in [0.15, 0.2) is 5.84 Å². The van der Waals surface area contributed by atoms with Crippen LogP contribution in [0.4, 0.5) is 0 Å². The van der Waals surface area contributed by atoms with Crippen molar-refractivity contribution in [3.63, 3.8) is 0 Å². The predicted molar refractivity (Wildman–Crippen MR) is 72.8 cm³/mol. The highest BCUT2D eigenvalue weighted by Gasteiger charge is 2.14. The minimum Gasteiger partial charge on any atom is -0.409 e. The molecule has 0 unspecified atom stereocenters. The van der Waals surface area contributed by atoms with Crippen LogP contribution < -0.4 is 11.1 Å². The van der Waals surface area contributed by atoms with E-state index in [1.807, 2.05) is 18.2 Å². The molecule has 0 amide bonds. The molecule has 0 heterocycles. The first kappa shape index (κ1) is 12.9. The molecule has 0 aliphatic heterocycles. The minimum absolute atomic E-state index is 0.161. The van der Waals surface area contributed by atoms with Gasteiger partial charge in [-0.1, -0.05) is 30.1 Å². The van der Waals surface area contributed by atoms with Crippen molar-refractivity contribution in [1.82, 2.24) is 5.32 Å². The molecule has 4 heteroatoms. The third-order valence-electron chi connectivity index (χ3n) is 3.68. The van der Waals surface area contributed by atoms with Gasteiger partial charge >= 0.3 is 0 Å². The third kappa shape index (κ3) is 3.01. The van der Waals surface area contributed by atoms with Crippen molar-refractivity contribution in [3.05, 3.63) is 34.9 Å². The van der Waals surface area contributed by atoms with Crippen molar-refractivity contribution >= 4 is 5.84 Å². The molecule has 4 N–H and O–H groups in total. The normalized spacial score (nSPS) is 17.3. The van der Waals surface area contributed by atoms with Crippen LogP contribution in [-0.2, 0) is 6.54 Å². The zero-order chi connectivity index (χ0) is 13.0. The predicted octanol–water partition coefficient (Wildman–Crippen LogP) is 2.12. The van der Waals surface area contributed by atoms with E-state index in [0.717, 1.165) is 12.1 Å². The Hall–Kier alpha value is -1.55. The van der Waals surface area contributed by atoms with E-state index in [1.54, 1.807) is 0 Å². The zero-order valence-electron chi connectivity index (χ0n) is 10.8. The summed E-state index contributed by atoms with van der Waals surface area (Å²) in [6.45, 7) is 2.95. The molecule has 98 valence electrons. The monoisotopic (exact) mass is 247 g/mol. The van der Waals surface area contributed by atoms with Crippen LogP contribution in [0, 0.1) is 6.92 Å². The molecule has 1 aromatic carbocycles. The topological polar surface area (TPSA) is 70.6 Å². The van der Waals surface area contributed by atoms with Crippen LogP contribution >= 0.6 is 0 Å². The van der Waals surface area contributed by atoms with Gasteiger partial charge in [0.25, 0.3) is 0 Å². The van der Waals surface area contributed by atoms with Crippen molar-refractivity contribution in [1.29, 1.82) is 0 Å². The number of rotatable bonds is 4. The summed E-state index contributed by atoms with van der Waals surface area (Å²) in [7, 11) is 0. The number of nitrogens with two attached hydrogens (primary N) is 1. The number of hydrogen-bond donors (Lipinski definition) is 3. The summed E-state index contributed by atoms with van der Waals surface area (Å²) >= 11 is 0. The first-order valence-electron chi connectivity index (χ1n) is 6.51. The molecule has 0 radical (unpaired) electrons. The molecular formula is C14H21N3O. The molecule has 1 aliphatic carbocycles. The highest BCUT2D eigenvalue weighted by molar-refractivity contribution is 5.97. The average Bonchev–Trinajstić information content (AvgIpc) is 2.89. The van der Waals surface area contributed by atoms with Crippen LogP contribution in [0.3, 0.4) is 0 Å². The van der Waals surface area contributed by atoms with Gasteiger partial charge in [0, 0.05) is 18.2 Å². The van der Waals surface area contributed by atoms with E-state index in [0.29, 0.717) is 6.04 Å². The van der Waals surface area contributed by atoms with E-state index in [4.69, 9.17) is 10.9 Å². The van der Waals surface area contributed by atoms with Gasteiger partial charge in [-0.2, -0.15) is 0 Å². The molecule has 0 atom stereocenters. The Kier molecular flexibility index (Phi) is 4.20. The minimum atomic E-state index is 0.161. The Bertz CT molecular complexity index is 437. The highest BCUT2D eigenvalue weighted by atomic mass is 16.4. The maximum absolute atomic E-state index is 8.65. The van der Waals surface area contributed by atoms with E-state index in [2.05, 4.69) is 17.4 Å². The van der Waals surface area contributed by atoms with E-state index in [1.165, 1.54) is 36.8 Å². The number of nitrogens with zero attached hydrogens (tertiary/aromatic N) is 1. The van der Waals surface area contributed by atoms with Crippen molar-refractivity contribution in [3.8, 4) is 0 Å². The van der Waals surface area contributed by atoms with Crippen LogP contribution in [0.1, 0.15) is 42.4 Å². The summed E-state index contributed by atoms with van der Waals surface area (Å²) in [5.74, 6) is 0.161. The molecule has 4 nitrogen and oxygen atoms in total. The highest BCUT2D eigenvalue weighted by Crippen LogP contribution is 2.19. The molecule has 1 saturated carbocycles. The first-order chi connectivity index (χ1) is 8.70. The largest absolute Gasteiger partial charge is 0.409 e. The standard InChI is InChI=1S/C14H21N3O/c1-10-8-11(14(15)17-18)6-7-12(10)9-16-13-4-2-3-5-13/h6-8,13,16,18H,2-5,9H2,1H3,(H2,15,17). The van der Waals surface area contributed by atoms with Crippen LogP contribution in [0.5, 0.6) is 0 Å². The second-order valence-corrected chi connectivity index (χ2v) is 4.99.